The third-order valence-electron chi connectivity index (χ3n) is 11.3. The number of hydrogen-bond donors (Lipinski definition) is 0. The van der Waals surface area contributed by atoms with Crippen LogP contribution in [0.2, 0.25) is 0 Å². The van der Waals surface area contributed by atoms with E-state index in [0.29, 0.717) is 0 Å². The number of nitrogens with zero attached hydrogens (tertiary/aromatic N) is 1. The molecular formula is C54H35NO. The maximum absolute atomic E-state index is 6.41. The van der Waals surface area contributed by atoms with Crippen molar-refractivity contribution in [3.63, 3.8) is 0 Å². The Kier molecular flexibility index (Phi) is 7.53. The number of benzene rings is 10. The van der Waals surface area contributed by atoms with Gasteiger partial charge in [-0.1, -0.05) is 158 Å². The standard InChI is InChI=1S/C54H35NO/c1-3-15-44-36(11-1)13-9-19-46(44)38-23-29-42(30-24-38)55(43-31-25-39(26-32-43)47-20-10-14-37-12-2-4-16-45(37)47)52-21-7-5-17-48(52)40-27-33-49-41(35-40)28-34-51-50-18-6-8-22-53(50)56-54(49)51/h1-35H. The molecule has 56 heavy (non-hydrogen) atoms. The van der Waals surface area contributed by atoms with Gasteiger partial charge in [0.2, 0.25) is 0 Å². The fraction of sp³-hybridized carbons (Fsp3) is 0. The quantitative estimate of drug-likeness (QED) is 0.171. The monoisotopic (exact) mass is 713 g/mol. The van der Waals surface area contributed by atoms with Crippen LogP contribution in [0.15, 0.2) is 217 Å². The van der Waals surface area contributed by atoms with Crippen LogP contribution in [0, 0.1) is 0 Å². The van der Waals surface area contributed by atoms with Crippen molar-refractivity contribution in [1.29, 1.82) is 0 Å². The van der Waals surface area contributed by atoms with Gasteiger partial charge in [-0.2, -0.15) is 0 Å². The van der Waals surface area contributed by atoms with Crippen LogP contribution in [-0.4, -0.2) is 0 Å². The van der Waals surface area contributed by atoms with Crippen LogP contribution in [-0.2, 0) is 0 Å². The fourth-order valence-electron chi connectivity index (χ4n) is 8.55. The van der Waals surface area contributed by atoms with E-state index in [1.807, 2.05) is 12.1 Å². The normalized spacial score (nSPS) is 11.6. The Labute approximate surface area is 325 Å². The molecule has 11 rings (SSSR count). The van der Waals surface area contributed by atoms with E-state index in [2.05, 4.69) is 205 Å². The van der Waals surface area contributed by atoms with Crippen LogP contribution in [0.25, 0.3) is 87.6 Å². The lowest BCUT2D eigenvalue weighted by Crippen LogP contribution is -2.11. The summed E-state index contributed by atoms with van der Waals surface area (Å²) in [6, 6.07) is 76.5. The van der Waals surface area contributed by atoms with Crippen molar-refractivity contribution in [3.8, 4) is 33.4 Å². The van der Waals surface area contributed by atoms with Crippen molar-refractivity contribution in [3.05, 3.63) is 212 Å². The largest absolute Gasteiger partial charge is 0.455 e. The van der Waals surface area contributed by atoms with Gasteiger partial charge in [-0.3, -0.25) is 0 Å². The summed E-state index contributed by atoms with van der Waals surface area (Å²) in [7, 11) is 0. The molecule has 0 aliphatic rings. The molecule has 10 aromatic carbocycles. The van der Waals surface area contributed by atoms with Gasteiger partial charge in [-0.25, -0.2) is 0 Å². The van der Waals surface area contributed by atoms with Gasteiger partial charge in [0.25, 0.3) is 0 Å². The van der Waals surface area contributed by atoms with Crippen LogP contribution in [0.4, 0.5) is 17.1 Å². The Hall–Kier alpha value is -7.42. The topological polar surface area (TPSA) is 16.4 Å². The van der Waals surface area contributed by atoms with Crippen molar-refractivity contribution in [1.82, 2.24) is 0 Å². The summed E-state index contributed by atoms with van der Waals surface area (Å²) in [6.45, 7) is 0. The summed E-state index contributed by atoms with van der Waals surface area (Å²) in [5, 5.41) is 9.55. The van der Waals surface area contributed by atoms with Gasteiger partial charge >= 0.3 is 0 Å². The van der Waals surface area contributed by atoms with Crippen LogP contribution >= 0.6 is 0 Å². The number of hydrogen-bond acceptors (Lipinski definition) is 2. The molecule has 1 heterocycles. The lowest BCUT2D eigenvalue weighted by Gasteiger charge is -2.28. The van der Waals surface area contributed by atoms with Crippen LogP contribution in [0.5, 0.6) is 0 Å². The summed E-state index contributed by atoms with van der Waals surface area (Å²) in [5.74, 6) is 0. The average Bonchev–Trinajstić information content (AvgIpc) is 3.66. The predicted molar refractivity (Wildman–Crippen MR) is 237 cm³/mol. The van der Waals surface area contributed by atoms with E-state index in [9.17, 15) is 0 Å². The highest BCUT2D eigenvalue weighted by Crippen LogP contribution is 2.44. The second kappa shape index (κ2) is 13.2. The zero-order chi connectivity index (χ0) is 37.0. The van der Waals surface area contributed by atoms with Gasteiger partial charge in [0, 0.05) is 33.1 Å². The number of anilines is 3. The highest BCUT2D eigenvalue weighted by molar-refractivity contribution is 6.15. The maximum Gasteiger partial charge on any atom is 0.143 e. The molecule has 11 aromatic rings. The summed E-state index contributed by atoms with van der Waals surface area (Å²) in [6.07, 6.45) is 0. The summed E-state index contributed by atoms with van der Waals surface area (Å²) >= 11 is 0. The molecule has 0 atom stereocenters. The molecule has 0 saturated carbocycles. The lowest BCUT2D eigenvalue weighted by molar-refractivity contribution is 0.672. The summed E-state index contributed by atoms with van der Waals surface area (Å²) in [5.41, 5.74) is 12.3. The van der Waals surface area contributed by atoms with Gasteiger partial charge in [0.05, 0.1) is 5.69 Å². The molecule has 0 bridgehead atoms. The van der Waals surface area contributed by atoms with E-state index in [-0.39, 0.29) is 0 Å². The van der Waals surface area contributed by atoms with E-state index < -0.39 is 0 Å². The smallest absolute Gasteiger partial charge is 0.143 e. The van der Waals surface area contributed by atoms with E-state index >= 15 is 0 Å². The van der Waals surface area contributed by atoms with Crippen molar-refractivity contribution < 1.29 is 4.42 Å². The van der Waals surface area contributed by atoms with Crippen LogP contribution in [0.1, 0.15) is 0 Å². The highest BCUT2D eigenvalue weighted by atomic mass is 16.3. The molecule has 2 nitrogen and oxygen atoms in total. The molecule has 262 valence electrons. The first-order chi connectivity index (χ1) is 27.8. The molecule has 0 fully saturated rings. The van der Waals surface area contributed by atoms with Gasteiger partial charge in [-0.15, -0.1) is 0 Å². The number of furan rings is 1. The third kappa shape index (κ3) is 5.34. The summed E-state index contributed by atoms with van der Waals surface area (Å²) in [4.78, 5) is 2.39. The minimum Gasteiger partial charge on any atom is -0.455 e. The zero-order valence-electron chi connectivity index (χ0n) is 30.6. The van der Waals surface area contributed by atoms with Crippen LogP contribution in [0.3, 0.4) is 0 Å². The van der Waals surface area contributed by atoms with Crippen molar-refractivity contribution >= 4 is 71.3 Å². The molecule has 0 saturated heterocycles. The second-order valence-electron chi connectivity index (χ2n) is 14.5. The van der Waals surface area contributed by atoms with Crippen molar-refractivity contribution in [2.45, 2.75) is 0 Å². The Morgan fingerprint density at radius 3 is 1.46 bits per heavy atom. The zero-order valence-corrected chi connectivity index (χ0v) is 30.6. The third-order valence-corrected chi connectivity index (χ3v) is 11.3. The fourth-order valence-corrected chi connectivity index (χ4v) is 8.55. The molecule has 0 aliphatic carbocycles. The maximum atomic E-state index is 6.41. The first kappa shape index (κ1) is 32.0. The van der Waals surface area contributed by atoms with E-state index in [0.717, 1.165) is 60.9 Å². The highest BCUT2D eigenvalue weighted by Gasteiger charge is 2.19. The van der Waals surface area contributed by atoms with Crippen molar-refractivity contribution in [2.75, 3.05) is 4.90 Å². The lowest BCUT2D eigenvalue weighted by atomic mass is 9.96. The van der Waals surface area contributed by atoms with E-state index in [1.165, 1.54) is 43.8 Å². The molecule has 1 aromatic heterocycles. The molecule has 0 N–H and O–H groups in total. The Bertz CT molecular complexity index is 3110. The molecular weight excluding hydrogens is 679 g/mol. The number of rotatable bonds is 6. The Morgan fingerprint density at radius 1 is 0.304 bits per heavy atom. The van der Waals surface area contributed by atoms with E-state index in [4.69, 9.17) is 4.42 Å². The van der Waals surface area contributed by atoms with Crippen LogP contribution < -0.4 is 4.90 Å². The second-order valence-corrected chi connectivity index (χ2v) is 14.5. The minimum absolute atomic E-state index is 0.915. The minimum atomic E-state index is 0.915. The van der Waals surface area contributed by atoms with Gasteiger partial charge in [0.1, 0.15) is 11.2 Å². The SMILES string of the molecule is c1ccc(N(c2ccc(-c3cccc4ccccc34)cc2)c2ccc(-c3cccc4ccccc34)cc2)c(-c2ccc3c(ccc4c5ccccc5oc34)c2)c1. The number of para-hydroxylation sites is 2. The number of fused-ring (bicyclic) bond motifs is 7. The predicted octanol–water partition coefficient (Wildman–Crippen LogP) is 15.5. The Morgan fingerprint density at radius 2 is 0.804 bits per heavy atom. The van der Waals surface area contributed by atoms with Gasteiger partial charge in [0.15, 0.2) is 0 Å². The molecule has 0 amide bonds. The van der Waals surface area contributed by atoms with E-state index in [1.54, 1.807) is 0 Å². The van der Waals surface area contributed by atoms with Gasteiger partial charge < -0.3 is 9.32 Å². The molecule has 0 spiro atoms. The van der Waals surface area contributed by atoms with Gasteiger partial charge in [-0.05, 0) is 109 Å². The molecule has 0 unspecified atom stereocenters. The molecule has 0 radical (unpaired) electrons. The first-order valence-corrected chi connectivity index (χ1v) is 19.2. The molecule has 0 aliphatic heterocycles. The summed E-state index contributed by atoms with van der Waals surface area (Å²) < 4.78 is 6.41. The first-order valence-electron chi connectivity index (χ1n) is 19.2. The average molecular weight is 714 g/mol. The Balaban J connectivity index is 1.05. The van der Waals surface area contributed by atoms with Crippen molar-refractivity contribution in [2.24, 2.45) is 0 Å². The molecule has 2 heteroatoms.